The Hall–Kier alpha value is -1.79. The van der Waals surface area contributed by atoms with Crippen LogP contribution in [0, 0.1) is 0 Å². The van der Waals surface area contributed by atoms with Crippen molar-refractivity contribution >= 4 is 0 Å². The number of aliphatic hydroxyl groups excluding tert-OH is 1. The lowest BCUT2D eigenvalue weighted by Crippen LogP contribution is -2.26. The quantitative estimate of drug-likeness (QED) is 0.837. The zero-order valence-electron chi connectivity index (χ0n) is 12.3. The van der Waals surface area contributed by atoms with Crippen molar-refractivity contribution in [2.45, 2.75) is 37.9 Å². The van der Waals surface area contributed by atoms with Gasteiger partial charge in [-0.3, -0.25) is 4.90 Å². The van der Waals surface area contributed by atoms with E-state index in [9.17, 15) is 5.11 Å². The van der Waals surface area contributed by atoms with Gasteiger partial charge in [0.2, 0.25) is 0 Å². The molecule has 1 heterocycles. The molecule has 1 saturated carbocycles. The molecule has 6 heteroatoms. The summed E-state index contributed by atoms with van der Waals surface area (Å²) in [5.41, 5.74) is 1.21. The molecule has 0 amide bonds. The van der Waals surface area contributed by atoms with Crippen molar-refractivity contribution in [3.05, 3.63) is 41.7 Å². The first-order valence-corrected chi connectivity index (χ1v) is 7.42. The number of rotatable bonds is 7. The molecule has 0 aliphatic heterocycles. The summed E-state index contributed by atoms with van der Waals surface area (Å²) in [5.74, 6) is 0.902. The van der Waals surface area contributed by atoms with E-state index in [-0.39, 0.29) is 12.6 Å². The molecule has 1 aliphatic carbocycles. The molecule has 1 N–H and O–H groups in total. The van der Waals surface area contributed by atoms with Gasteiger partial charge in [-0.25, -0.2) is 4.68 Å². The number of benzene rings is 1. The third-order valence-corrected chi connectivity index (χ3v) is 3.96. The first-order chi connectivity index (χ1) is 10.3. The maximum atomic E-state index is 9.35. The van der Waals surface area contributed by atoms with Gasteiger partial charge < -0.3 is 5.11 Å². The fourth-order valence-electron chi connectivity index (χ4n) is 2.69. The summed E-state index contributed by atoms with van der Waals surface area (Å²) in [6.07, 6.45) is 3.03. The highest BCUT2D eigenvalue weighted by atomic mass is 16.3. The van der Waals surface area contributed by atoms with Crippen molar-refractivity contribution in [3.63, 3.8) is 0 Å². The van der Waals surface area contributed by atoms with Crippen LogP contribution >= 0.6 is 0 Å². The number of nitrogens with zero attached hydrogens (tertiary/aromatic N) is 5. The molecule has 3 rings (SSSR count). The molecule has 0 spiro atoms. The minimum absolute atomic E-state index is 0.164. The van der Waals surface area contributed by atoms with Crippen LogP contribution in [0.1, 0.15) is 42.7 Å². The van der Waals surface area contributed by atoms with Crippen molar-refractivity contribution in [2.75, 3.05) is 13.7 Å². The normalized spacial score (nSPS) is 16.3. The summed E-state index contributed by atoms with van der Waals surface area (Å²) in [7, 11) is 2.05. The van der Waals surface area contributed by atoms with Gasteiger partial charge in [0.1, 0.15) is 0 Å². The van der Waals surface area contributed by atoms with E-state index in [2.05, 4.69) is 39.6 Å². The van der Waals surface area contributed by atoms with Crippen LogP contribution in [0.2, 0.25) is 0 Å². The molecule has 2 aromatic rings. The number of aliphatic hydroxyl groups is 1. The standard InChI is InChI=1S/C15H21N5O/c1-19(11-15-16-17-18-20(15)13-7-8-13)14(9-10-21)12-5-3-2-4-6-12/h2-6,13-14,21H,7-11H2,1H3. The van der Waals surface area contributed by atoms with Gasteiger partial charge in [-0.05, 0) is 42.3 Å². The predicted octanol–water partition coefficient (Wildman–Crippen LogP) is 1.56. The summed E-state index contributed by atoms with van der Waals surface area (Å²) in [6, 6.07) is 10.9. The number of hydrogen-bond donors (Lipinski definition) is 1. The molecule has 1 aromatic carbocycles. The fourth-order valence-corrected chi connectivity index (χ4v) is 2.69. The van der Waals surface area contributed by atoms with Crippen LogP contribution in [0.4, 0.5) is 0 Å². The molecule has 6 nitrogen and oxygen atoms in total. The molecule has 1 fully saturated rings. The Morgan fingerprint density at radius 2 is 2.10 bits per heavy atom. The van der Waals surface area contributed by atoms with E-state index in [0.29, 0.717) is 19.0 Å². The Kier molecular flexibility index (Phi) is 4.26. The fraction of sp³-hybridized carbons (Fsp3) is 0.533. The lowest BCUT2D eigenvalue weighted by atomic mass is 10.0. The molecule has 1 aliphatic rings. The van der Waals surface area contributed by atoms with Crippen LogP contribution in [0.15, 0.2) is 30.3 Å². The molecule has 112 valence electrons. The van der Waals surface area contributed by atoms with E-state index in [4.69, 9.17) is 0 Å². The lowest BCUT2D eigenvalue weighted by Gasteiger charge is -2.27. The van der Waals surface area contributed by atoms with Gasteiger partial charge in [0.15, 0.2) is 5.82 Å². The SMILES string of the molecule is CN(Cc1nnnn1C1CC1)C(CCO)c1ccccc1. The first-order valence-electron chi connectivity index (χ1n) is 7.42. The Bertz CT molecular complexity index is 566. The lowest BCUT2D eigenvalue weighted by molar-refractivity contribution is 0.175. The topological polar surface area (TPSA) is 67.1 Å². The maximum absolute atomic E-state index is 9.35. The van der Waals surface area contributed by atoms with Crippen molar-refractivity contribution in [1.82, 2.24) is 25.1 Å². The van der Waals surface area contributed by atoms with Crippen LogP contribution in [0.5, 0.6) is 0 Å². The summed E-state index contributed by atoms with van der Waals surface area (Å²) < 4.78 is 1.94. The number of aromatic nitrogens is 4. The minimum Gasteiger partial charge on any atom is -0.396 e. The summed E-state index contributed by atoms with van der Waals surface area (Å²) in [4.78, 5) is 2.20. The van der Waals surface area contributed by atoms with Gasteiger partial charge in [0.25, 0.3) is 0 Å². The predicted molar refractivity (Wildman–Crippen MR) is 78.4 cm³/mol. The van der Waals surface area contributed by atoms with Crippen LogP contribution in [0.3, 0.4) is 0 Å². The third kappa shape index (κ3) is 3.28. The Labute approximate surface area is 124 Å². The van der Waals surface area contributed by atoms with Gasteiger partial charge in [-0.15, -0.1) is 5.10 Å². The smallest absolute Gasteiger partial charge is 0.165 e. The van der Waals surface area contributed by atoms with E-state index in [1.165, 1.54) is 18.4 Å². The van der Waals surface area contributed by atoms with E-state index in [1.54, 1.807) is 0 Å². The number of tetrazole rings is 1. The highest BCUT2D eigenvalue weighted by molar-refractivity contribution is 5.19. The molecule has 1 unspecified atom stereocenters. The zero-order valence-corrected chi connectivity index (χ0v) is 12.3. The Morgan fingerprint density at radius 3 is 2.76 bits per heavy atom. The Balaban J connectivity index is 1.74. The average molecular weight is 287 g/mol. The maximum Gasteiger partial charge on any atom is 0.165 e. The van der Waals surface area contributed by atoms with Gasteiger partial charge in [0.05, 0.1) is 12.6 Å². The van der Waals surface area contributed by atoms with Crippen molar-refractivity contribution in [2.24, 2.45) is 0 Å². The van der Waals surface area contributed by atoms with Gasteiger partial charge >= 0.3 is 0 Å². The molecule has 21 heavy (non-hydrogen) atoms. The molecule has 1 atom stereocenters. The van der Waals surface area contributed by atoms with E-state index >= 15 is 0 Å². The van der Waals surface area contributed by atoms with E-state index in [0.717, 1.165) is 5.82 Å². The molecular formula is C15H21N5O. The van der Waals surface area contributed by atoms with Gasteiger partial charge in [0, 0.05) is 12.6 Å². The third-order valence-electron chi connectivity index (χ3n) is 3.96. The molecule has 0 bridgehead atoms. The van der Waals surface area contributed by atoms with Gasteiger partial charge in [-0.2, -0.15) is 0 Å². The molecule has 1 aromatic heterocycles. The van der Waals surface area contributed by atoms with Crippen molar-refractivity contribution < 1.29 is 5.11 Å². The molecular weight excluding hydrogens is 266 g/mol. The van der Waals surface area contributed by atoms with Crippen LogP contribution in [-0.4, -0.2) is 43.9 Å². The van der Waals surface area contributed by atoms with Crippen molar-refractivity contribution in [1.29, 1.82) is 0 Å². The molecule has 0 radical (unpaired) electrons. The first kappa shape index (κ1) is 14.2. The highest BCUT2D eigenvalue weighted by Gasteiger charge is 2.28. The average Bonchev–Trinajstić information content (AvgIpc) is 3.26. The molecule has 0 saturated heterocycles. The summed E-state index contributed by atoms with van der Waals surface area (Å²) in [5, 5.41) is 21.4. The number of hydrogen-bond acceptors (Lipinski definition) is 5. The van der Waals surface area contributed by atoms with E-state index < -0.39 is 0 Å². The monoisotopic (exact) mass is 287 g/mol. The second kappa shape index (κ2) is 6.32. The minimum atomic E-state index is 0.164. The van der Waals surface area contributed by atoms with Crippen LogP contribution in [-0.2, 0) is 6.54 Å². The van der Waals surface area contributed by atoms with Crippen LogP contribution in [0.25, 0.3) is 0 Å². The zero-order chi connectivity index (χ0) is 14.7. The highest BCUT2D eigenvalue weighted by Crippen LogP contribution is 2.35. The summed E-state index contributed by atoms with van der Waals surface area (Å²) in [6.45, 7) is 0.848. The second-order valence-corrected chi connectivity index (χ2v) is 5.62. The van der Waals surface area contributed by atoms with Crippen molar-refractivity contribution in [3.8, 4) is 0 Å². The Morgan fingerprint density at radius 1 is 1.33 bits per heavy atom. The largest absolute Gasteiger partial charge is 0.396 e. The van der Waals surface area contributed by atoms with E-state index in [1.807, 2.05) is 22.9 Å². The van der Waals surface area contributed by atoms with Crippen LogP contribution < -0.4 is 0 Å². The second-order valence-electron chi connectivity index (χ2n) is 5.62. The van der Waals surface area contributed by atoms with Gasteiger partial charge in [-0.1, -0.05) is 30.3 Å². The summed E-state index contributed by atoms with van der Waals surface area (Å²) >= 11 is 0.